The Morgan fingerprint density at radius 2 is 2.00 bits per heavy atom. The molecule has 0 aliphatic heterocycles. The highest BCUT2D eigenvalue weighted by molar-refractivity contribution is 5.77. The summed E-state index contributed by atoms with van der Waals surface area (Å²) in [7, 11) is 0. The molecule has 0 fully saturated rings. The Morgan fingerprint density at radius 3 is 2.33 bits per heavy atom. The smallest absolute Gasteiger partial charge is 0.323 e. The molecule has 0 aromatic heterocycles. The van der Waals surface area contributed by atoms with Gasteiger partial charge in [0, 0.05) is 0 Å². The van der Waals surface area contributed by atoms with E-state index in [4.69, 9.17) is 16.6 Å². The Hall–Kier alpha value is -0.610. The molecular weight excluding hydrogens is 192 g/mol. The van der Waals surface area contributed by atoms with Crippen LogP contribution in [0.2, 0.25) is 0 Å². The number of carboxylic acid groups (broad SMARTS) is 1. The Balaban J connectivity index is 4.32. The molecule has 0 saturated carbocycles. The van der Waals surface area contributed by atoms with Crippen molar-refractivity contribution in [3.05, 3.63) is 0 Å². The van der Waals surface area contributed by atoms with Gasteiger partial charge < -0.3 is 16.6 Å². The minimum Gasteiger partial charge on any atom is -0.480 e. The van der Waals surface area contributed by atoms with Crippen LogP contribution < -0.4 is 11.5 Å². The summed E-state index contributed by atoms with van der Waals surface area (Å²) in [6.45, 7) is 6.41. The van der Waals surface area contributed by atoms with E-state index in [2.05, 4.69) is 13.8 Å². The zero-order valence-electron chi connectivity index (χ0n) is 9.99. The van der Waals surface area contributed by atoms with Crippen LogP contribution in [0.25, 0.3) is 0 Å². The molecule has 0 heterocycles. The molecule has 0 aliphatic carbocycles. The van der Waals surface area contributed by atoms with Crippen molar-refractivity contribution in [2.45, 2.75) is 45.6 Å². The standard InChI is InChI=1S/C11H24N2O2/c1-8(2)6-9(4-5-12)7-11(3,13)10(14)15/h8-9H,4-7,12-13H2,1-3H3,(H,14,15)/t9?,11-/m0/s1. The molecule has 1 unspecified atom stereocenters. The average molecular weight is 216 g/mol. The van der Waals surface area contributed by atoms with Crippen molar-refractivity contribution in [2.75, 3.05) is 6.54 Å². The number of aliphatic carboxylic acids is 1. The molecule has 0 aromatic rings. The van der Waals surface area contributed by atoms with Gasteiger partial charge >= 0.3 is 5.97 Å². The summed E-state index contributed by atoms with van der Waals surface area (Å²) < 4.78 is 0. The van der Waals surface area contributed by atoms with Gasteiger partial charge in [0.1, 0.15) is 5.54 Å². The van der Waals surface area contributed by atoms with Crippen LogP contribution >= 0.6 is 0 Å². The molecule has 4 nitrogen and oxygen atoms in total. The van der Waals surface area contributed by atoms with Gasteiger partial charge in [0.05, 0.1) is 0 Å². The Morgan fingerprint density at radius 1 is 1.47 bits per heavy atom. The third-order valence-corrected chi connectivity index (χ3v) is 2.58. The van der Waals surface area contributed by atoms with E-state index in [0.717, 1.165) is 12.8 Å². The first-order chi connectivity index (χ1) is 6.79. The van der Waals surface area contributed by atoms with Crippen LogP contribution in [-0.2, 0) is 4.79 Å². The molecule has 0 aromatic carbocycles. The Bertz CT molecular complexity index is 203. The first-order valence-corrected chi connectivity index (χ1v) is 5.52. The van der Waals surface area contributed by atoms with Crippen molar-refractivity contribution in [1.82, 2.24) is 0 Å². The number of hydrogen-bond donors (Lipinski definition) is 3. The van der Waals surface area contributed by atoms with Crippen molar-refractivity contribution in [2.24, 2.45) is 23.3 Å². The van der Waals surface area contributed by atoms with Gasteiger partial charge in [-0.2, -0.15) is 0 Å². The second-order valence-corrected chi connectivity index (χ2v) is 5.00. The van der Waals surface area contributed by atoms with Crippen LogP contribution in [0.4, 0.5) is 0 Å². The fourth-order valence-corrected chi connectivity index (χ4v) is 1.89. The summed E-state index contributed by atoms with van der Waals surface area (Å²) in [5.41, 5.74) is 10.1. The van der Waals surface area contributed by atoms with Crippen molar-refractivity contribution in [3.63, 3.8) is 0 Å². The van der Waals surface area contributed by atoms with Gasteiger partial charge in [-0.05, 0) is 44.6 Å². The van der Waals surface area contributed by atoms with Crippen molar-refractivity contribution in [3.8, 4) is 0 Å². The minimum atomic E-state index is -1.13. The predicted molar refractivity (Wildman–Crippen MR) is 61.5 cm³/mol. The lowest BCUT2D eigenvalue weighted by atomic mass is 9.83. The van der Waals surface area contributed by atoms with Crippen LogP contribution in [0.15, 0.2) is 0 Å². The summed E-state index contributed by atoms with van der Waals surface area (Å²) in [6.07, 6.45) is 2.33. The summed E-state index contributed by atoms with van der Waals surface area (Å²) in [5, 5.41) is 8.94. The molecule has 0 amide bonds. The van der Waals surface area contributed by atoms with E-state index in [-0.39, 0.29) is 0 Å². The molecule has 90 valence electrons. The zero-order valence-corrected chi connectivity index (χ0v) is 9.99. The van der Waals surface area contributed by atoms with Gasteiger partial charge in [0.25, 0.3) is 0 Å². The minimum absolute atomic E-state index is 0.307. The fraction of sp³-hybridized carbons (Fsp3) is 0.909. The molecule has 0 radical (unpaired) electrons. The van der Waals surface area contributed by atoms with Gasteiger partial charge in [-0.15, -0.1) is 0 Å². The largest absolute Gasteiger partial charge is 0.480 e. The highest BCUT2D eigenvalue weighted by Crippen LogP contribution is 2.24. The first kappa shape index (κ1) is 14.4. The lowest BCUT2D eigenvalue weighted by Crippen LogP contribution is -2.46. The van der Waals surface area contributed by atoms with Gasteiger partial charge in [-0.25, -0.2) is 0 Å². The van der Waals surface area contributed by atoms with Crippen molar-refractivity contribution < 1.29 is 9.90 Å². The summed E-state index contributed by atoms with van der Waals surface area (Å²) >= 11 is 0. The van der Waals surface area contributed by atoms with E-state index in [9.17, 15) is 4.79 Å². The molecule has 0 bridgehead atoms. The zero-order chi connectivity index (χ0) is 12.1. The Kier molecular flexibility index (Phi) is 5.83. The lowest BCUT2D eigenvalue weighted by molar-refractivity contribution is -0.143. The third kappa shape index (κ3) is 5.74. The van der Waals surface area contributed by atoms with Crippen LogP contribution in [0.3, 0.4) is 0 Å². The summed E-state index contributed by atoms with van der Waals surface area (Å²) in [5.74, 6) is -0.0828. The van der Waals surface area contributed by atoms with Crippen molar-refractivity contribution >= 4 is 5.97 Å². The maximum atomic E-state index is 10.9. The fourth-order valence-electron chi connectivity index (χ4n) is 1.89. The second-order valence-electron chi connectivity index (χ2n) is 5.00. The van der Waals surface area contributed by atoms with E-state index in [0.29, 0.717) is 24.8 Å². The van der Waals surface area contributed by atoms with E-state index < -0.39 is 11.5 Å². The molecule has 5 N–H and O–H groups in total. The summed E-state index contributed by atoms with van der Waals surface area (Å²) in [4.78, 5) is 10.9. The summed E-state index contributed by atoms with van der Waals surface area (Å²) in [6, 6.07) is 0. The molecule has 4 heteroatoms. The maximum Gasteiger partial charge on any atom is 0.323 e. The SMILES string of the molecule is CC(C)CC(CCN)C[C@](C)(N)C(=O)O. The van der Waals surface area contributed by atoms with Gasteiger partial charge in [0.2, 0.25) is 0 Å². The topological polar surface area (TPSA) is 89.3 Å². The predicted octanol–water partition coefficient (Wildman–Crippen LogP) is 1.19. The van der Waals surface area contributed by atoms with Crippen LogP contribution in [0, 0.1) is 11.8 Å². The van der Waals surface area contributed by atoms with Gasteiger partial charge in [-0.1, -0.05) is 13.8 Å². The number of hydrogen-bond acceptors (Lipinski definition) is 3. The maximum absolute atomic E-state index is 10.9. The van der Waals surface area contributed by atoms with E-state index in [1.165, 1.54) is 0 Å². The molecule has 0 spiro atoms. The van der Waals surface area contributed by atoms with E-state index >= 15 is 0 Å². The molecule has 0 rings (SSSR count). The number of nitrogens with two attached hydrogens (primary N) is 2. The van der Waals surface area contributed by atoms with E-state index in [1.54, 1.807) is 6.92 Å². The highest BCUT2D eigenvalue weighted by atomic mass is 16.4. The molecule has 15 heavy (non-hydrogen) atoms. The van der Waals surface area contributed by atoms with Crippen LogP contribution in [0.1, 0.15) is 40.0 Å². The normalized spacial score (nSPS) is 17.5. The number of rotatable bonds is 7. The first-order valence-electron chi connectivity index (χ1n) is 5.52. The van der Waals surface area contributed by atoms with E-state index in [1.807, 2.05) is 0 Å². The van der Waals surface area contributed by atoms with Crippen LogP contribution in [-0.4, -0.2) is 23.2 Å². The molecule has 2 atom stereocenters. The average Bonchev–Trinajstić information content (AvgIpc) is 2.01. The Labute approximate surface area is 92.0 Å². The number of carboxylic acids is 1. The molecule has 0 saturated heterocycles. The second kappa shape index (κ2) is 6.08. The highest BCUT2D eigenvalue weighted by Gasteiger charge is 2.31. The van der Waals surface area contributed by atoms with Gasteiger partial charge in [-0.3, -0.25) is 4.79 Å². The lowest BCUT2D eigenvalue weighted by Gasteiger charge is -2.26. The van der Waals surface area contributed by atoms with Crippen LogP contribution in [0.5, 0.6) is 0 Å². The van der Waals surface area contributed by atoms with Crippen molar-refractivity contribution in [1.29, 1.82) is 0 Å². The third-order valence-electron chi connectivity index (χ3n) is 2.58. The monoisotopic (exact) mass is 216 g/mol. The van der Waals surface area contributed by atoms with Gasteiger partial charge in [0.15, 0.2) is 0 Å². The molecular formula is C11H24N2O2. The quantitative estimate of drug-likeness (QED) is 0.596. The molecule has 0 aliphatic rings. The number of carbonyl (C=O) groups is 1.